The Balaban J connectivity index is 1.88. The largest absolute Gasteiger partial charge is 0.364 e. The van der Waals surface area contributed by atoms with Crippen molar-refractivity contribution in [2.24, 2.45) is 7.05 Å². The van der Waals surface area contributed by atoms with E-state index in [1.54, 1.807) is 24.7 Å². The number of hydrogen-bond acceptors (Lipinski definition) is 3. The molecule has 0 aliphatic heterocycles. The normalized spacial score (nSPS) is 10.9. The lowest BCUT2D eigenvalue weighted by Crippen LogP contribution is -2.04. The van der Waals surface area contributed by atoms with E-state index in [1.165, 1.54) is 6.07 Å². The molecule has 102 valence electrons. The first kappa shape index (κ1) is 13.1. The molecule has 0 aliphatic carbocycles. The first-order valence-corrected chi connectivity index (χ1v) is 6.88. The Morgan fingerprint density at radius 3 is 3.00 bits per heavy atom. The molecule has 0 bridgehead atoms. The maximum atomic E-state index is 13.7. The van der Waals surface area contributed by atoms with Gasteiger partial charge in [0, 0.05) is 29.8 Å². The predicted octanol–water partition coefficient (Wildman–Crippen LogP) is 3.48. The highest BCUT2D eigenvalue weighted by atomic mass is 79.9. The summed E-state index contributed by atoms with van der Waals surface area (Å²) in [5, 5.41) is 3.14. The summed E-state index contributed by atoms with van der Waals surface area (Å²) in [6, 6.07) is 6.76. The van der Waals surface area contributed by atoms with Gasteiger partial charge in [0.2, 0.25) is 0 Å². The number of nitrogens with one attached hydrogen (secondary N) is 1. The number of fused-ring (bicyclic) bond motifs is 1. The highest BCUT2D eigenvalue weighted by Gasteiger charge is 2.08. The maximum absolute atomic E-state index is 13.7. The Bertz CT molecular complexity index is 769. The molecule has 0 aliphatic rings. The van der Waals surface area contributed by atoms with Gasteiger partial charge in [-0.25, -0.2) is 14.4 Å². The zero-order valence-electron chi connectivity index (χ0n) is 10.8. The van der Waals surface area contributed by atoms with Gasteiger partial charge in [-0.15, -0.1) is 0 Å². The van der Waals surface area contributed by atoms with Crippen molar-refractivity contribution in [2.45, 2.75) is 6.54 Å². The SMILES string of the molecule is Cn1cnc2c(NCc3cc(Br)ccc3F)nccc21. The van der Waals surface area contributed by atoms with Gasteiger partial charge >= 0.3 is 0 Å². The van der Waals surface area contributed by atoms with Crippen LogP contribution in [-0.4, -0.2) is 14.5 Å². The van der Waals surface area contributed by atoms with Gasteiger partial charge in [-0.05, 0) is 24.3 Å². The highest BCUT2D eigenvalue weighted by molar-refractivity contribution is 9.10. The van der Waals surface area contributed by atoms with Crippen LogP contribution < -0.4 is 5.32 Å². The van der Waals surface area contributed by atoms with Crippen LogP contribution in [-0.2, 0) is 13.6 Å². The first-order valence-electron chi connectivity index (χ1n) is 6.09. The second kappa shape index (κ2) is 5.20. The van der Waals surface area contributed by atoms with Gasteiger partial charge in [0.1, 0.15) is 11.3 Å². The molecule has 0 spiro atoms. The second-order valence-electron chi connectivity index (χ2n) is 4.47. The lowest BCUT2D eigenvalue weighted by Gasteiger charge is -2.08. The van der Waals surface area contributed by atoms with Crippen molar-refractivity contribution in [3.63, 3.8) is 0 Å². The number of nitrogens with zero attached hydrogens (tertiary/aromatic N) is 3. The van der Waals surface area contributed by atoms with Gasteiger partial charge in [-0.3, -0.25) is 0 Å². The minimum atomic E-state index is -0.242. The quantitative estimate of drug-likeness (QED) is 0.797. The summed E-state index contributed by atoms with van der Waals surface area (Å²) in [6.07, 6.45) is 3.45. The number of imidazole rings is 1. The minimum absolute atomic E-state index is 0.242. The number of rotatable bonds is 3. The van der Waals surface area contributed by atoms with Gasteiger partial charge in [-0.2, -0.15) is 0 Å². The van der Waals surface area contributed by atoms with Crippen molar-refractivity contribution in [1.82, 2.24) is 14.5 Å². The van der Waals surface area contributed by atoms with Gasteiger partial charge in [-0.1, -0.05) is 15.9 Å². The molecule has 0 fully saturated rings. The summed E-state index contributed by atoms with van der Waals surface area (Å²) in [5.74, 6) is 0.413. The Morgan fingerprint density at radius 1 is 1.30 bits per heavy atom. The van der Waals surface area contributed by atoms with Crippen molar-refractivity contribution in [1.29, 1.82) is 0 Å². The number of aryl methyl sites for hydroxylation is 1. The van der Waals surface area contributed by atoms with Crippen molar-refractivity contribution in [3.05, 3.63) is 52.6 Å². The fraction of sp³-hybridized carbons (Fsp3) is 0.143. The standard InChI is InChI=1S/C14H12BrFN4/c1-20-8-19-13-12(20)4-5-17-14(13)18-7-9-6-10(15)2-3-11(9)16/h2-6,8H,7H2,1H3,(H,17,18). The Hall–Kier alpha value is -1.95. The molecule has 1 N–H and O–H groups in total. The molecule has 2 heterocycles. The molecule has 0 unspecified atom stereocenters. The molecule has 0 amide bonds. The van der Waals surface area contributed by atoms with E-state index < -0.39 is 0 Å². The summed E-state index contributed by atoms with van der Waals surface area (Å²) < 4.78 is 16.5. The summed E-state index contributed by atoms with van der Waals surface area (Å²) in [7, 11) is 1.92. The summed E-state index contributed by atoms with van der Waals surface area (Å²) in [5.41, 5.74) is 2.34. The molecule has 3 rings (SSSR count). The number of anilines is 1. The zero-order chi connectivity index (χ0) is 14.1. The molecule has 1 aromatic carbocycles. The topological polar surface area (TPSA) is 42.7 Å². The van der Waals surface area contributed by atoms with Crippen molar-refractivity contribution < 1.29 is 4.39 Å². The molecule has 2 aromatic heterocycles. The molecule has 6 heteroatoms. The van der Waals surface area contributed by atoms with Gasteiger partial charge in [0.15, 0.2) is 5.82 Å². The Labute approximate surface area is 123 Å². The van der Waals surface area contributed by atoms with E-state index in [9.17, 15) is 4.39 Å². The van der Waals surface area contributed by atoms with Gasteiger partial charge in [0.25, 0.3) is 0 Å². The summed E-state index contributed by atoms with van der Waals surface area (Å²) in [4.78, 5) is 8.57. The molecule has 3 aromatic rings. The van der Waals surface area contributed by atoms with E-state index in [0.717, 1.165) is 15.5 Å². The van der Waals surface area contributed by atoms with Crippen LogP contribution >= 0.6 is 15.9 Å². The Kier molecular flexibility index (Phi) is 3.40. The van der Waals surface area contributed by atoms with Crippen LogP contribution in [0.15, 0.2) is 41.3 Å². The van der Waals surface area contributed by atoms with E-state index in [4.69, 9.17) is 0 Å². The van der Waals surface area contributed by atoms with Crippen LogP contribution in [0.5, 0.6) is 0 Å². The third-order valence-corrected chi connectivity index (χ3v) is 3.59. The number of aromatic nitrogens is 3. The average molecular weight is 335 g/mol. The molecule has 0 saturated heterocycles. The molecular formula is C14H12BrFN4. The monoisotopic (exact) mass is 334 g/mol. The zero-order valence-corrected chi connectivity index (χ0v) is 12.4. The third-order valence-electron chi connectivity index (χ3n) is 3.10. The lowest BCUT2D eigenvalue weighted by molar-refractivity contribution is 0.612. The Morgan fingerprint density at radius 2 is 2.15 bits per heavy atom. The van der Waals surface area contributed by atoms with Crippen LogP contribution in [0.4, 0.5) is 10.2 Å². The van der Waals surface area contributed by atoms with Crippen LogP contribution in [0, 0.1) is 5.82 Å². The predicted molar refractivity (Wildman–Crippen MR) is 79.9 cm³/mol. The molecule has 20 heavy (non-hydrogen) atoms. The highest BCUT2D eigenvalue weighted by Crippen LogP contribution is 2.21. The van der Waals surface area contributed by atoms with E-state index in [-0.39, 0.29) is 5.82 Å². The van der Waals surface area contributed by atoms with E-state index in [1.807, 2.05) is 17.7 Å². The smallest absolute Gasteiger partial charge is 0.154 e. The van der Waals surface area contributed by atoms with Crippen molar-refractivity contribution in [3.8, 4) is 0 Å². The van der Waals surface area contributed by atoms with Crippen LogP contribution in [0.25, 0.3) is 11.0 Å². The molecule has 0 radical (unpaired) electrons. The average Bonchev–Trinajstić information content (AvgIpc) is 2.82. The van der Waals surface area contributed by atoms with Gasteiger partial charge in [0.05, 0.1) is 11.8 Å². The minimum Gasteiger partial charge on any atom is -0.364 e. The van der Waals surface area contributed by atoms with Crippen molar-refractivity contribution in [2.75, 3.05) is 5.32 Å². The third kappa shape index (κ3) is 2.38. The number of benzene rings is 1. The van der Waals surface area contributed by atoms with E-state index in [2.05, 4.69) is 31.2 Å². The molecule has 0 saturated carbocycles. The van der Waals surface area contributed by atoms with Crippen LogP contribution in [0.3, 0.4) is 0 Å². The fourth-order valence-corrected chi connectivity index (χ4v) is 2.46. The first-order chi connectivity index (χ1) is 9.65. The lowest BCUT2D eigenvalue weighted by atomic mass is 10.2. The number of halogens is 2. The van der Waals surface area contributed by atoms with Crippen molar-refractivity contribution >= 4 is 32.8 Å². The number of hydrogen-bond donors (Lipinski definition) is 1. The maximum Gasteiger partial charge on any atom is 0.154 e. The second-order valence-corrected chi connectivity index (χ2v) is 5.39. The summed E-state index contributed by atoms with van der Waals surface area (Å²) >= 11 is 3.34. The molecule has 4 nitrogen and oxygen atoms in total. The fourth-order valence-electron chi connectivity index (χ4n) is 2.05. The number of pyridine rings is 1. The van der Waals surface area contributed by atoms with E-state index >= 15 is 0 Å². The summed E-state index contributed by atoms with van der Waals surface area (Å²) in [6.45, 7) is 0.355. The van der Waals surface area contributed by atoms with Crippen LogP contribution in [0.2, 0.25) is 0 Å². The van der Waals surface area contributed by atoms with Crippen LogP contribution in [0.1, 0.15) is 5.56 Å². The van der Waals surface area contributed by atoms with Gasteiger partial charge < -0.3 is 9.88 Å². The van der Waals surface area contributed by atoms with E-state index in [0.29, 0.717) is 17.9 Å². The molecule has 0 atom stereocenters. The molecular weight excluding hydrogens is 323 g/mol.